The summed E-state index contributed by atoms with van der Waals surface area (Å²) in [5.74, 6) is 1.11. The van der Waals surface area contributed by atoms with Gasteiger partial charge in [-0.1, -0.05) is 29.8 Å². The number of nitrogens with zero attached hydrogens (tertiary/aromatic N) is 2. The summed E-state index contributed by atoms with van der Waals surface area (Å²) in [6.07, 6.45) is 0.907. The van der Waals surface area contributed by atoms with Gasteiger partial charge in [-0.25, -0.2) is 0 Å². The average molecular weight is 505 g/mol. The lowest BCUT2D eigenvalue weighted by molar-refractivity contribution is 0.0773. The van der Waals surface area contributed by atoms with Gasteiger partial charge in [0, 0.05) is 47.8 Å². The first-order valence-corrected chi connectivity index (χ1v) is 11.9. The molecule has 0 radical (unpaired) electrons. The molecule has 0 bridgehead atoms. The van der Waals surface area contributed by atoms with Crippen molar-refractivity contribution in [1.82, 2.24) is 15.1 Å². The van der Waals surface area contributed by atoms with Crippen molar-refractivity contribution in [2.24, 2.45) is 11.8 Å². The summed E-state index contributed by atoms with van der Waals surface area (Å²) in [5.41, 5.74) is 2.31. The SMILES string of the molecule is Cc1ccc(C(=O)NCCCN2CC3CN(C(=O)c4ccccc4Br)CC3C2)cc1Cl. The van der Waals surface area contributed by atoms with Gasteiger partial charge in [-0.2, -0.15) is 0 Å². The smallest absolute Gasteiger partial charge is 0.255 e. The molecule has 2 aliphatic rings. The zero-order chi connectivity index (χ0) is 22.0. The molecule has 2 saturated heterocycles. The van der Waals surface area contributed by atoms with Crippen molar-refractivity contribution in [2.45, 2.75) is 13.3 Å². The van der Waals surface area contributed by atoms with E-state index in [-0.39, 0.29) is 11.8 Å². The Bertz CT molecular complexity index is 969. The monoisotopic (exact) mass is 503 g/mol. The van der Waals surface area contributed by atoms with Crippen molar-refractivity contribution < 1.29 is 9.59 Å². The Morgan fingerprint density at radius 2 is 1.81 bits per heavy atom. The zero-order valence-corrected chi connectivity index (χ0v) is 20.0. The lowest BCUT2D eigenvalue weighted by atomic mass is 10.0. The van der Waals surface area contributed by atoms with Crippen molar-refractivity contribution in [3.05, 3.63) is 68.7 Å². The van der Waals surface area contributed by atoms with Crippen LogP contribution in [0.4, 0.5) is 0 Å². The highest BCUT2D eigenvalue weighted by Crippen LogP contribution is 2.32. The molecular weight excluding hydrogens is 478 g/mol. The predicted molar refractivity (Wildman–Crippen MR) is 127 cm³/mol. The molecule has 4 rings (SSSR count). The standard InChI is InChI=1S/C24H27BrClN3O2/c1-16-7-8-17(11-22(16)26)23(30)27-9-4-10-28-12-18-14-29(15-19(18)13-28)24(31)20-5-2-3-6-21(20)25/h2-3,5-8,11,18-19H,4,9-10,12-15H2,1H3,(H,27,30). The van der Waals surface area contributed by atoms with Crippen LogP contribution in [0, 0.1) is 18.8 Å². The lowest BCUT2D eigenvalue weighted by Gasteiger charge is -2.22. The summed E-state index contributed by atoms with van der Waals surface area (Å²) in [7, 11) is 0. The molecule has 2 aliphatic heterocycles. The summed E-state index contributed by atoms with van der Waals surface area (Å²) in [6, 6.07) is 13.0. The highest BCUT2D eigenvalue weighted by Gasteiger charge is 2.41. The molecule has 7 heteroatoms. The Hall–Kier alpha value is -1.89. The molecule has 2 amide bonds. The van der Waals surface area contributed by atoms with Gasteiger partial charge in [-0.05, 0) is 77.5 Å². The number of carbonyl (C=O) groups is 2. The number of carbonyl (C=O) groups excluding carboxylic acids is 2. The van der Waals surface area contributed by atoms with E-state index < -0.39 is 0 Å². The molecule has 0 aromatic heterocycles. The predicted octanol–water partition coefficient (Wildman–Crippen LogP) is 4.23. The van der Waals surface area contributed by atoms with E-state index in [1.807, 2.05) is 42.2 Å². The fraction of sp³-hybridized carbons (Fsp3) is 0.417. The number of hydrogen-bond acceptors (Lipinski definition) is 3. The van der Waals surface area contributed by atoms with E-state index in [0.29, 0.717) is 29.0 Å². The van der Waals surface area contributed by atoms with E-state index in [2.05, 4.69) is 26.1 Å². The second kappa shape index (κ2) is 9.72. The Morgan fingerprint density at radius 1 is 1.10 bits per heavy atom. The minimum Gasteiger partial charge on any atom is -0.352 e. The van der Waals surface area contributed by atoms with Gasteiger partial charge in [0.2, 0.25) is 0 Å². The summed E-state index contributed by atoms with van der Waals surface area (Å²) < 4.78 is 0.855. The van der Waals surface area contributed by atoms with Crippen molar-refractivity contribution in [1.29, 1.82) is 0 Å². The maximum absolute atomic E-state index is 12.8. The molecule has 164 valence electrons. The van der Waals surface area contributed by atoms with Crippen molar-refractivity contribution >= 4 is 39.3 Å². The topological polar surface area (TPSA) is 52.7 Å². The lowest BCUT2D eigenvalue weighted by Crippen LogP contribution is -2.34. The highest BCUT2D eigenvalue weighted by atomic mass is 79.9. The Balaban J connectivity index is 1.19. The summed E-state index contributed by atoms with van der Waals surface area (Å²) in [4.78, 5) is 29.6. The second-order valence-corrected chi connectivity index (χ2v) is 9.80. The van der Waals surface area contributed by atoms with Gasteiger partial charge in [0.15, 0.2) is 0 Å². The van der Waals surface area contributed by atoms with E-state index in [1.54, 1.807) is 12.1 Å². The zero-order valence-electron chi connectivity index (χ0n) is 17.6. The van der Waals surface area contributed by atoms with Crippen LogP contribution < -0.4 is 5.32 Å². The second-order valence-electron chi connectivity index (χ2n) is 8.54. The molecule has 0 saturated carbocycles. The highest BCUT2D eigenvalue weighted by molar-refractivity contribution is 9.10. The molecule has 1 N–H and O–H groups in total. The fourth-order valence-corrected chi connectivity index (χ4v) is 5.22. The van der Waals surface area contributed by atoms with Crippen LogP contribution in [0.15, 0.2) is 46.9 Å². The van der Waals surface area contributed by atoms with Crippen LogP contribution in [0.3, 0.4) is 0 Å². The number of benzene rings is 2. The van der Waals surface area contributed by atoms with Gasteiger partial charge in [0.05, 0.1) is 5.56 Å². The van der Waals surface area contributed by atoms with Crippen LogP contribution in [0.1, 0.15) is 32.7 Å². The Kier molecular flexibility index (Phi) is 6.99. The number of fused-ring (bicyclic) bond motifs is 1. The van der Waals surface area contributed by atoms with Crippen LogP contribution >= 0.6 is 27.5 Å². The van der Waals surface area contributed by atoms with E-state index >= 15 is 0 Å². The van der Waals surface area contributed by atoms with Crippen LogP contribution in [-0.4, -0.2) is 60.9 Å². The van der Waals surface area contributed by atoms with E-state index in [9.17, 15) is 9.59 Å². The van der Waals surface area contributed by atoms with E-state index in [4.69, 9.17) is 11.6 Å². The third-order valence-electron chi connectivity index (χ3n) is 6.32. The van der Waals surface area contributed by atoms with Crippen LogP contribution in [0.25, 0.3) is 0 Å². The molecule has 2 heterocycles. The van der Waals surface area contributed by atoms with E-state index in [0.717, 1.165) is 54.7 Å². The van der Waals surface area contributed by atoms with Gasteiger partial charge in [0.1, 0.15) is 0 Å². The number of likely N-dealkylation sites (tertiary alicyclic amines) is 2. The molecule has 31 heavy (non-hydrogen) atoms. The third-order valence-corrected chi connectivity index (χ3v) is 7.42. The molecule has 2 aromatic rings. The average Bonchev–Trinajstić information content (AvgIpc) is 3.32. The third kappa shape index (κ3) is 5.13. The van der Waals surface area contributed by atoms with Crippen molar-refractivity contribution in [3.63, 3.8) is 0 Å². The summed E-state index contributed by atoms with van der Waals surface area (Å²) >= 11 is 9.60. The minimum absolute atomic E-state index is 0.0820. The quantitative estimate of drug-likeness (QED) is 0.599. The molecule has 2 fully saturated rings. The molecule has 5 nitrogen and oxygen atoms in total. The first kappa shape index (κ1) is 22.3. The minimum atomic E-state index is -0.0820. The first-order chi connectivity index (χ1) is 14.9. The maximum Gasteiger partial charge on any atom is 0.255 e. The molecule has 0 spiro atoms. The van der Waals surface area contributed by atoms with Crippen LogP contribution in [-0.2, 0) is 0 Å². The Morgan fingerprint density at radius 3 is 2.48 bits per heavy atom. The normalized spacial score (nSPS) is 20.7. The number of rotatable bonds is 6. The maximum atomic E-state index is 12.8. The van der Waals surface area contributed by atoms with Gasteiger partial charge in [0.25, 0.3) is 11.8 Å². The number of aryl methyl sites for hydroxylation is 1. The summed E-state index contributed by atoms with van der Waals surface area (Å²) in [5, 5.41) is 3.60. The van der Waals surface area contributed by atoms with Crippen molar-refractivity contribution in [2.75, 3.05) is 39.3 Å². The number of halogens is 2. The van der Waals surface area contributed by atoms with Gasteiger partial charge < -0.3 is 15.1 Å². The molecule has 2 atom stereocenters. The fourth-order valence-electron chi connectivity index (χ4n) is 4.58. The van der Waals surface area contributed by atoms with Crippen molar-refractivity contribution in [3.8, 4) is 0 Å². The number of nitrogens with one attached hydrogen (secondary N) is 1. The van der Waals surface area contributed by atoms with E-state index in [1.165, 1.54) is 0 Å². The van der Waals surface area contributed by atoms with Gasteiger partial charge >= 0.3 is 0 Å². The summed E-state index contributed by atoms with van der Waals surface area (Å²) in [6.45, 7) is 7.21. The number of hydrogen-bond donors (Lipinski definition) is 1. The first-order valence-electron chi connectivity index (χ1n) is 10.7. The number of amides is 2. The largest absolute Gasteiger partial charge is 0.352 e. The molecular formula is C24H27BrClN3O2. The Labute approximate surface area is 196 Å². The molecule has 2 aromatic carbocycles. The van der Waals surface area contributed by atoms with Gasteiger partial charge in [-0.15, -0.1) is 0 Å². The van der Waals surface area contributed by atoms with Gasteiger partial charge in [-0.3, -0.25) is 9.59 Å². The van der Waals surface area contributed by atoms with Crippen LogP contribution in [0.2, 0.25) is 5.02 Å². The molecule has 2 unspecified atom stereocenters. The van der Waals surface area contributed by atoms with Crippen LogP contribution in [0.5, 0.6) is 0 Å². The molecule has 0 aliphatic carbocycles.